The van der Waals surface area contributed by atoms with Gasteiger partial charge in [0.2, 0.25) is 5.09 Å². The third-order valence-corrected chi connectivity index (χ3v) is 5.01. The Bertz CT molecular complexity index is 494. The van der Waals surface area contributed by atoms with Crippen molar-refractivity contribution in [3.63, 3.8) is 0 Å². The van der Waals surface area contributed by atoms with Gasteiger partial charge in [-0.2, -0.15) is 4.31 Å². The van der Waals surface area contributed by atoms with Gasteiger partial charge in [-0.1, -0.05) is 20.8 Å². The summed E-state index contributed by atoms with van der Waals surface area (Å²) in [7, 11) is -1.95. The minimum absolute atomic E-state index is 0.0101. The Morgan fingerprint density at radius 2 is 1.95 bits per heavy atom. The van der Waals surface area contributed by atoms with Crippen molar-refractivity contribution in [3.8, 4) is 0 Å². The largest absolute Gasteiger partial charge is 0.447 e. The van der Waals surface area contributed by atoms with E-state index in [1.165, 1.54) is 10.4 Å². The molecule has 110 valence electrons. The highest BCUT2D eigenvalue weighted by molar-refractivity contribution is 7.89. The second-order valence-corrected chi connectivity index (χ2v) is 6.96. The van der Waals surface area contributed by atoms with Gasteiger partial charge in [0.15, 0.2) is 0 Å². The molecule has 1 aromatic rings. The molecule has 0 aliphatic rings. The van der Waals surface area contributed by atoms with Gasteiger partial charge in [0.05, 0.1) is 6.54 Å². The Kier molecular flexibility index (Phi) is 5.58. The van der Waals surface area contributed by atoms with Crippen molar-refractivity contribution in [1.82, 2.24) is 9.62 Å². The predicted octanol–water partition coefficient (Wildman–Crippen LogP) is 2.20. The highest BCUT2D eigenvalue weighted by Crippen LogP contribution is 2.20. The lowest BCUT2D eigenvalue weighted by Crippen LogP contribution is -2.34. The average Bonchev–Trinajstić information content (AvgIpc) is 2.83. The Balaban J connectivity index is 2.85. The van der Waals surface area contributed by atoms with E-state index >= 15 is 0 Å². The molecule has 0 aromatic carbocycles. The van der Waals surface area contributed by atoms with Gasteiger partial charge < -0.3 is 9.73 Å². The van der Waals surface area contributed by atoms with E-state index in [1.807, 2.05) is 27.7 Å². The van der Waals surface area contributed by atoms with E-state index in [2.05, 4.69) is 5.32 Å². The van der Waals surface area contributed by atoms with Crippen LogP contribution in [-0.2, 0) is 16.6 Å². The molecule has 5 nitrogen and oxygen atoms in total. The lowest BCUT2D eigenvalue weighted by molar-refractivity contribution is 0.346. The molecule has 19 heavy (non-hydrogen) atoms. The molecule has 0 fully saturated rings. The molecule has 6 heteroatoms. The van der Waals surface area contributed by atoms with E-state index in [9.17, 15) is 8.42 Å². The van der Waals surface area contributed by atoms with Gasteiger partial charge in [-0.05, 0) is 25.5 Å². The Labute approximate surface area is 116 Å². The van der Waals surface area contributed by atoms with Crippen LogP contribution < -0.4 is 5.32 Å². The number of furan rings is 1. The average molecular weight is 288 g/mol. The molecule has 0 amide bonds. The lowest BCUT2D eigenvalue weighted by Gasteiger charge is -2.21. The van der Waals surface area contributed by atoms with E-state index in [1.54, 1.807) is 13.1 Å². The second kappa shape index (κ2) is 6.54. The number of sulfonamides is 1. The van der Waals surface area contributed by atoms with Crippen LogP contribution in [0.4, 0.5) is 0 Å². The molecule has 1 atom stereocenters. The van der Waals surface area contributed by atoms with Crippen molar-refractivity contribution < 1.29 is 12.8 Å². The molecule has 0 saturated heterocycles. The zero-order valence-electron chi connectivity index (χ0n) is 12.3. The van der Waals surface area contributed by atoms with Crippen LogP contribution in [-0.4, -0.2) is 31.9 Å². The maximum absolute atomic E-state index is 12.3. The number of nitrogens with zero attached hydrogens (tertiary/aromatic N) is 1. The minimum Gasteiger partial charge on any atom is -0.447 e. The molecule has 0 bridgehead atoms. The molecule has 1 N–H and O–H groups in total. The highest BCUT2D eigenvalue weighted by Gasteiger charge is 2.27. The first-order chi connectivity index (χ1) is 8.78. The topological polar surface area (TPSA) is 62.6 Å². The molecule has 0 saturated carbocycles. The van der Waals surface area contributed by atoms with Crippen LogP contribution in [0.5, 0.6) is 0 Å². The highest BCUT2D eigenvalue weighted by atomic mass is 32.2. The molecule has 0 aliphatic carbocycles. The molecular formula is C13H24N2O3S. The normalized spacial score (nSPS) is 14.3. The van der Waals surface area contributed by atoms with Crippen LogP contribution in [0.1, 0.15) is 39.9 Å². The van der Waals surface area contributed by atoms with Gasteiger partial charge in [0.25, 0.3) is 10.0 Å². The SMILES string of the molecule is CCC(C)N(C)S(=O)(=O)c1ccc(CNC(C)C)o1. The van der Waals surface area contributed by atoms with Crippen LogP contribution in [0.25, 0.3) is 0 Å². The molecular weight excluding hydrogens is 264 g/mol. The molecule has 0 aliphatic heterocycles. The molecule has 0 spiro atoms. The Hall–Kier alpha value is -0.850. The minimum atomic E-state index is -3.53. The summed E-state index contributed by atoms with van der Waals surface area (Å²) in [5.41, 5.74) is 0. The van der Waals surface area contributed by atoms with E-state index < -0.39 is 10.0 Å². The summed E-state index contributed by atoms with van der Waals surface area (Å²) in [5, 5.41) is 3.20. The first-order valence-corrected chi connectivity index (χ1v) is 8.03. The van der Waals surface area contributed by atoms with Crippen molar-refractivity contribution in [2.75, 3.05) is 7.05 Å². The number of nitrogens with one attached hydrogen (secondary N) is 1. The fourth-order valence-electron chi connectivity index (χ4n) is 1.53. The van der Waals surface area contributed by atoms with Crippen molar-refractivity contribution in [2.24, 2.45) is 0 Å². The summed E-state index contributed by atoms with van der Waals surface area (Å²) in [6, 6.07) is 3.50. The summed E-state index contributed by atoms with van der Waals surface area (Å²) in [6.07, 6.45) is 0.762. The van der Waals surface area contributed by atoms with Gasteiger partial charge in [-0.3, -0.25) is 0 Å². The third kappa shape index (κ3) is 4.06. The van der Waals surface area contributed by atoms with Crippen LogP contribution in [0.3, 0.4) is 0 Å². The van der Waals surface area contributed by atoms with E-state index in [-0.39, 0.29) is 11.1 Å². The van der Waals surface area contributed by atoms with Crippen molar-refractivity contribution in [3.05, 3.63) is 17.9 Å². The molecule has 1 aromatic heterocycles. The summed E-state index contributed by atoms with van der Waals surface area (Å²) in [4.78, 5) is 0. The maximum Gasteiger partial charge on any atom is 0.276 e. The Morgan fingerprint density at radius 1 is 1.32 bits per heavy atom. The number of rotatable bonds is 7. The van der Waals surface area contributed by atoms with Gasteiger partial charge in [-0.25, -0.2) is 8.42 Å². The zero-order valence-corrected chi connectivity index (χ0v) is 13.1. The maximum atomic E-state index is 12.3. The quantitative estimate of drug-likeness (QED) is 0.835. The number of hydrogen-bond donors (Lipinski definition) is 1. The smallest absolute Gasteiger partial charge is 0.276 e. The molecule has 1 rings (SSSR count). The van der Waals surface area contributed by atoms with Gasteiger partial charge in [-0.15, -0.1) is 0 Å². The fraction of sp³-hybridized carbons (Fsp3) is 0.692. The molecule has 1 unspecified atom stereocenters. The second-order valence-electron chi connectivity index (χ2n) is 5.03. The van der Waals surface area contributed by atoms with E-state index in [4.69, 9.17) is 4.42 Å². The third-order valence-electron chi connectivity index (χ3n) is 3.17. The van der Waals surface area contributed by atoms with Gasteiger partial charge >= 0.3 is 0 Å². The van der Waals surface area contributed by atoms with Crippen molar-refractivity contribution in [1.29, 1.82) is 0 Å². The van der Waals surface area contributed by atoms with E-state index in [0.29, 0.717) is 18.3 Å². The fourth-order valence-corrected chi connectivity index (χ4v) is 2.89. The van der Waals surface area contributed by atoms with Crippen LogP contribution >= 0.6 is 0 Å². The summed E-state index contributed by atoms with van der Waals surface area (Å²) in [6.45, 7) is 8.41. The van der Waals surface area contributed by atoms with Crippen LogP contribution in [0.15, 0.2) is 21.6 Å². The Morgan fingerprint density at radius 3 is 2.47 bits per heavy atom. The monoisotopic (exact) mass is 288 g/mol. The van der Waals surface area contributed by atoms with E-state index in [0.717, 1.165) is 6.42 Å². The molecule has 1 heterocycles. The van der Waals surface area contributed by atoms with Crippen molar-refractivity contribution in [2.45, 2.75) is 57.8 Å². The molecule has 0 radical (unpaired) electrons. The summed E-state index contributed by atoms with van der Waals surface area (Å²) < 4.78 is 31.4. The summed E-state index contributed by atoms with van der Waals surface area (Å²) in [5.74, 6) is 0.629. The van der Waals surface area contributed by atoms with Gasteiger partial charge in [0, 0.05) is 19.1 Å². The summed E-state index contributed by atoms with van der Waals surface area (Å²) >= 11 is 0. The van der Waals surface area contributed by atoms with Crippen LogP contribution in [0.2, 0.25) is 0 Å². The number of hydrogen-bond acceptors (Lipinski definition) is 4. The first-order valence-electron chi connectivity index (χ1n) is 6.59. The first kappa shape index (κ1) is 16.2. The predicted molar refractivity (Wildman–Crippen MR) is 75.4 cm³/mol. The standard InChI is InChI=1S/C13H24N2O3S/c1-6-11(4)15(5)19(16,17)13-8-7-12(18-13)9-14-10(2)3/h7-8,10-11,14H,6,9H2,1-5H3. The van der Waals surface area contributed by atoms with Gasteiger partial charge in [0.1, 0.15) is 5.76 Å². The zero-order chi connectivity index (χ0) is 14.6. The lowest BCUT2D eigenvalue weighted by atomic mass is 10.3. The van der Waals surface area contributed by atoms with Crippen molar-refractivity contribution >= 4 is 10.0 Å². The van der Waals surface area contributed by atoms with Crippen LogP contribution in [0, 0.1) is 0 Å².